The molecule has 0 saturated heterocycles. The lowest BCUT2D eigenvalue weighted by Crippen LogP contribution is -2.02. The van der Waals surface area contributed by atoms with Gasteiger partial charge >= 0.3 is 5.97 Å². The Bertz CT molecular complexity index is 651. The lowest BCUT2D eigenvalue weighted by Gasteiger charge is -2.05. The minimum Gasteiger partial charge on any atom is -0.478 e. The number of hydrogen-bond donors (Lipinski definition) is 2. The van der Waals surface area contributed by atoms with Crippen molar-refractivity contribution < 1.29 is 14.3 Å². The van der Waals surface area contributed by atoms with Crippen molar-refractivity contribution in [1.29, 1.82) is 0 Å². The first-order valence-corrected chi connectivity index (χ1v) is 5.96. The number of aromatic carboxylic acids is 1. The predicted molar refractivity (Wildman–Crippen MR) is 75.6 cm³/mol. The molecule has 0 aliphatic carbocycles. The van der Waals surface area contributed by atoms with E-state index >= 15 is 0 Å². The summed E-state index contributed by atoms with van der Waals surface area (Å²) >= 11 is 0. The van der Waals surface area contributed by atoms with E-state index in [1.165, 1.54) is 18.2 Å². The highest BCUT2D eigenvalue weighted by atomic mass is 19.1. The smallest absolute Gasteiger partial charge is 0.335 e. The molecule has 0 heterocycles. The Hall–Kier alpha value is -2.69. The van der Waals surface area contributed by atoms with Gasteiger partial charge in [-0.15, -0.1) is 0 Å². The number of hydrazone groups is 1. The number of carboxylic acid groups (broad SMARTS) is 1. The average molecular weight is 272 g/mol. The molecule has 0 atom stereocenters. The fraction of sp³-hybridized carbons (Fsp3) is 0.0667. The maximum Gasteiger partial charge on any atom is 0.335 e. The molecule has 0 radical (unpaired) electrons. The summed E-state index contributed by atoms with van der Waals surface area (Å²) in [5, 5.41) is 12.9. The number of nitrogens with one attached hydrogen (secondary N) is 1. The summed E-state index contributed by atoms with van der Waals surface area (Å²) in [6, 6.07) is 12.5. The van der Waals surface area contributed by atoms with E-state index in [1.54, 1.807) is 37.3 Å². The van der Waals surface area contributed by atoms with Crippen LogP contribution in [0.2, 0.25) is 0 Å². The average Bonchev–Trinajstić information content (AvgIpc) is 2.45. The van der Waals surface area contributed by atoms with Gasteiger partial charge in [0.05, 0.1) is 17.0 Å². The van der Waals surface area contributed by atoms with Gasteiger partial charge in [-0.2, -0.15) is 5.10 Å². The Morgan fingerprint density at radius 3 is 2.40 bits per heavy atom. The van der Waals surface area contributed by atoms with Crippen LogP contribution in [0.25, 0.3) is 0 Å². The number of rotatable bonds is 4. The summed E-state index contributed by atoms with van der Waals surface area (Å²) in [6.45, 7) is 1.69. The van der Waals surface area contributed by atoms with Crippen molar-refractivity contribution in [3.8, 4) is 0 Å². The number of benzene rings is 2. The molecule has 0 fully saturated rings. The van der Waals surface area contributed by atoms with Gasteiger partial charge in [0.15, 0.2) is 0 Å². The van der Waals surface area contributed by atoms with Crippen LogP contribution >= 0.6 is 0 Å². The zero-order valence-corrected chi connectivity index (χ0v) is 10.8. The first-order valence-electron chi connectivity index (χ1n) is 5.96. The summed E-state index contributed by atoms with van der Waals surface area (Å²) in [4.78, 5) is 10.7. The molecule has 0 bridgehead atoms. The van der Waals surface area contributed by atoms with Crippen LogP contribution in [0.5, 0.6) is 0 Å². The Kier molecular flexibility index (Phi) is 4.10. The van der Waals surface area contributed by atoms with Crippen LogP contribution in [0.1, 0.15) is 22.8 Å². The molecule has 102 valence electrons. The molecular weight excluding hydrogens is 259 g/mol. The van der Waals surface area contributed by atoms with E-state index in [-0.39, 0.29) is 11.4 Å². The minimum atomic E-state index is -0.984. The zero-order chi connectivity index (χ0) is 14.5. The second kappa shape index (κ2) is 5.97. The number of carbonyl (C=O) groups is 1. The second-order valence-electron chi connectivity index (χ2n) is 4.17. The topological polar surface area (TPSA) is 61.7 Å². The molecule has 0 aliphatic rings. The van der Waals surface area contributed by atoms with Crippen molar-refractivity contribution in [3.05, 3.63) is 65.5 Å². The summed E-state index contributed by atoms with van der Waals surface area (Å²) in [7, 11) is 0. The van der Waals surface area contributed by atoms with Crippen LogP contribution < -0.4 is 5.43 Å². The molecule has 4 nitrogen and oxygen atoms in total. The normalized spacial score (nSPS) is 11.2. The van der Waals surface area contributed by atoms with E-state index < -0.39 is 5.97 Å². The summed E-state index contributed by atoms with van der Waals surface area (Å²) in [5.74, 6) is -1.32. The van der Waals surface area contributed by atoms with Crippen molar-refractivity contribution in [1.82, 2.24) is 0 Å². The summed E-state index contributed by atoms with van der Waals surface area (Å²) in [5.41, 5.74) is 4.52. The number of halogens is 1. The molecule has 2 aromatic carbocycles. The molecule has 2 rings (SSSR count). The molecule has 20 heavy (non-hydrogen) atoms. The van der Waals surface area contributed by atoms with Gasteiger partial charge in [0, 0.05) is 5.56 Å². The fourth-order valence-electron chi connectivity index (χ4n) is 1.65. The Labute approximate surface area is 115 Å². The highest BCUT2D eigenvalue weighted by Crippen LogP contribution is 2.11. The van der Waals surface area contributed by atoms with Crippen LogP contribution in [-0.2, 0) is 0 Å². The molecule has 0 amide bonds. The third-order valence-electron chi connectivity index (χ3n) is 2.75. The molecule has 2 N–H and O–H groups in total. The van der Waals surface area contributed by atoms with Crippen LogP contribution in [0, 0.1) is 5.82 Å². The minimum absolute atomic E-state index is 0.199. The molecule has 2 aromatic rings. The summed E-state index contributed by atoms with van der Waals surface area (Å²) in [6.07, 6.45) is 0. The van der Waals surface area contributed by atoms with E-state index in [0.29, 0.717) is 17.0 Å². The van der Waals surface area contributed by atoms with E-state index in [1.807, 2.05) is 0 Å². The molecule has 0 spiro atoms. The van der Waals surface area contributed by atoms with Gasteiger partial charge in [-0.25, -0.2) is 9.18 Å². The SMILES string of the molecule is C/C(=N/Nc1ccc(C(=O)O)cc1)c1ccccc1F. The van der Waals surface area contributed by atoms with Crippen molar-refractivity contribution >= 4 is 17.4 Å². The fourth-order valence-corrected chi connectivity index (χ4v) is 1.65. The monoisotopic (exact) mass is 272 g/mol. The third-order valence-corrected chi connectivity index (χ3v) is 2.75. The van der Waals surface area contributed by atoms with Crippen LogP contribution in [0.15, 0.2) is 53.6 Å². The highest BCUT2D eigenvalue weighted by molar-refractivity contribution is 5.99. The van der Waals surface area contributed by atoms with E-state index in [2.05, 4.69) is 10.5 Å². The number of carboxylic acids is 1. The Morgan fingerprint density at radius 1 is 1.15 bits per heavy atom. The third kappa shape index (κ3) is 3.20. The van der Waals surface area contributed by atoms with E-state index in [4.69, 9.17) is 5.11 Å². The van der Waals surface area contributed by atoms with Crippen LogP contribution in [0.3, 0.4) is 0 Å². The van der Waals surface area contributed by atoms with Gasteiger partial charge in [-0.05, 0) is 37.3 Å². The van der Waals surface area contributed by atoms with Crippen LogP contribution in [0.4, 0.5) is 10.1 Å². The van der Waals surface area contributed by atoms with Crippen LogP contribution in [-0.4, -0.2) is 16.8 Å². The molecule has 0 aliphatic heterocycles. The lowest BCUT2D eigenvalue weighted by atomic mass is 10.1. The highest BCUT2D eigenvalue weighted by Gasteiger charge is 2.04. The van der Waals surface area contributed by atoms with Gasteiger partial charge in [-0.1, -0.05) is 18.2 Å². The standard InChI is InChI=1S/C15H13FN2O2/c1-10(13-4-2-3-5-14(13)16)17-18-12-8-6-11(7-9-12)15(19)20/h2-9,18H,1H3,(H,19,20)/b17-10-. The number of nitrogens with zero attached hydrogens (tertiary/aromatic N) is 1. The van der Waals surface area contributed by atoms with Gasteiger partial charge < -0.3 is 5.11 Å². The molecule has 0 aromatic heterocycles. The molecule has 5 heteroatoms. The van der Waals surface area contributed by atoms with Gasteiger partial charge in [-0.3, -0.25) is 5.43 Å². The van der Waals surface area contributed by atoms with Gasteiger partial charge in [0.1, 0.15) is 5.82 Å². The quantitative estimate of drug-likeness (QED) is 0.662. The largest absolute Gasteiger partial charge is 0.478 e. The molecule has 0 unspecified atom stereocenters. The van der Waals surface area contributed by atoms with Gasteiger partial charge in [0.2, 0.25) is 0 Å². The number of anilines is 1. The Balaban J connectivity index is 2.13. The predicted octanol–water partition coefficient (Wildman–Crippen LogP) is 3.36. The zero-order valence-electron chi connectivity index (χ0n) is 10.8. The first kappa shape index (κ1) is 13.7. The molecule has 0 saturated carbocycles. The van der Waals surface area contributed by atoms with Crippen molar-refractivity contribution in [3.63, 3.8) is 0 Å². The summed E-state index contributed by atoms with van der Waals surface area (Å²) < 4.78 is 13.5. The molecular formula is C15H13FN2O2. The maximum absolute atomic E-state index is 13.5. The number of hydrogen-bond acceptors (Lipinski definition) is 3. The maximum atomic E-state index is 13.5. The van der Waals surface area contributed by atoms with Crippen molar-refractivity contribution in [2.75, 3.05) is 5.43 Å². The first-order chi connectivity index (χ1) is 9.58. The second-order valence-corrected chi connectivity index (χ2v) is 4.17. The van der Waals surface area contributed by atoms with E-state index in [9.17, 15) is 9.18 Å². The van der Waals surface area contributed by atoms with E-state index in [0.717, 1.165) is 0 Å². The lowest BCUT2D eigenvalue weighted by molar-refractivity contribution is 0.0697. The Morgan fingerprint density at radius 2 is 1.80 bits per heavy atom. The van der Waals surface area contributed by atoms with Crippen molar-refractivity contribution in [2.45, 2.75) is 6.92 Å². The van der Waals surface area contributed by atoms with Gasteiger partial charge in [0.25, 0.3) is 0 Å². The van der Waals surface area contributed by atoms with Crippen molar-refractivity contribution in [2.24, 2.45) is 5.10 Å².